The number of aryl methyl sites for hydroxylation is 1. The van der Waals surface area contributed by atoms with Crippen LogP contribution >= 0.6 is 0 Å². The lowest BCUT2D eigenvalue weighted by Crippen LogP contribution is -2.09. The molecule has 0 amide bonds. The van der Waals surface area contributed by atoms with Crippen molar-refractivity contribution in [3.05, 3.63) is 54.1 Å². The second-order valence-electron chi connectivity index (χ2n) is 4.92. The minimum Gasteiger partial charge on any atom is -0.497 e. The van der Waals surface area contributed by atoms with Gasteiger partial charge in [-0.1, -0.05) is 18.2 Å². The summed E-state index contributed by atoms with van der Waals surface area (Å²) in [5, 5.41) is 8.71. The Balaban J connectivity index is 1.77. The van der Waals surface area contributed by atoms with Crippen LogP contribution in [0.25, 0.3) is 0 Å². The molecular weight excluding hydrogens is 296 g/mol. The third kappa shape index (κ3) is 5.90. The van der Waals surface area contributed by atoms with Crippen molar-refractivity contribution >= 4 is 5.97 Å². The number of carbonyl (C=O) groups is 1. The van der Waals surface area contributed by atoms with Gasteiger partial charge in [-0.3, -0.25) is 4.79 Å². The van der Waals surface area contributed by atoms with Gasteiger partial charge in [-0.15, -0.1) is 0 Å². The molecule has 0 saturated heterocycles. The predicted molar refractivity (Wildman–Crippen MR) is 86.4 cm³/mol. The van der Waals surface area contributed by atoms with Crippen molar-refractivity contribution in [1.82, 2.24) is 0 Å². The summed E-state index contributed by atoms with van der Waals surface area (Å²) in [7, 11) is 1.61. The Hall–Kier alpha value is -2.69. The minimum absolute atomic E-state index is 0.113. The number of methoxy groups -OCH3 is 1. The van der Waals surface area contributed by atoms with E-state index in [1.165, 1.54) is 0 Å². The Morgan fingerprint density at radius 1 is 0.957 bits per heavy atom. The zero-order valence-corrected chi connectivity index (χ0v) is 13.0. The zero-order chi connectivity index (χ0) is 16.5. The molecular formula is C18H20O5. The lowest BCUT2D eigenvalue weighted by atomic mass is 10.1. The maximum absolute atomic E-state index is 10.6. The number of carboxylic acid groups (broad SMARTS) is 1. The summed E-state index contributed by atoms with van der Waals surface area (Å²) in [6, 6.07) is 14.8. The number of rotatable bonds is 9. The average molecular weight is 316 g/mol. The van der Waals surface area contributed by atoms with E-state index in [4.69, 9.17) is 19.3 Å². The van der Waals surface area contributed by atoms with E-state index in [1.807, 2.05) is 48.5 Å². The molecule has 0 saturated carbocycles. The molecule has 5 nitrogen and oxygen atoms in total. The van der Waals surface area contributed by atoms with Gasteiger partial charge in [0.1, 0.15) is 30.5 Å². The molecule has 2 aromatic carbocycles. The topological polar surface area (TPSA) is 65.0 Å². The van der Waals surface area contributed by atoms with Gasteiger partial charge in [-0.25, -0.2) is 0 Å². The van der Waals surface area contributed by atoms with E-state index >= 15 is 0 Å². The molecule has 2 aromatic rings. The average Bonchev–Trinajstić information content (AvgIpc) is 2.57. The highest BCUT2D eigenvalue weighted by atomic mass is 16.5. The van der Waals surface area contributed by atoms with Gasteiger partial charge in [0.2, 0.25) is 0 Å². The molecule has 0 fully saturated rings. The van der Waals surface area contributed by atoms with Crippen molar-refractivity contribution in [2.75, 3.05) is 20.3 Å². The van der Waals surface area contributed by atoms with E-state index in [-0.39, 0.29) is 6.42 Å². The fraction of sp³-hybridized carbons (Fsp3) is 0.278. The fourth-order valence-electron chi connectivity index (χ4n) is 2.05. The lowest BCUT2D eigenvalue weighted by Gasteiger charge is -2.10. The first-order chi connectivity index (χ1) is 11.2. The molecule has 122 valence electrons. The quantitative estimate of drug-likeness (QED) is 0.720. The second-order valence-corrected chi connectivity index (χ2v) is 4.92. The second kappa shape index (κ2) is 8.68. The van der Waals surface area contributed by atoms with Crippen LogP contribution in [0.5, 0.6) is 17.2 Å². The SMILES string of the molecule is COc1cccc(OCCOc2cccc(CCC(=O)O)c2)c1. The number of hydrogen-bond donors (Lipinski definition) is 1. The Labute approximate surface area is 135 Å². The highest BCUT2D eigenvalue weighted by Gasteiger charge is 2.02. The third-order valence-electron chi connectivity index (χ3n) is 3.19. The number of aliphatic carboxylic acids is 1. The molecule has 0 atom stereocenters. The largest absolute Gasteiger partial charge is 0.497 e. The normalized spacial score (nSPS) is 10.1. The van der Waals surface area contributed by atoms with Crippen molar-refractivity contribution < 1.29 is 24.1 Å². The molecule has 2 rings (SSSR count). The Morgan fingerprint density at radius 2 is 1.57 bits per heavy atom. The van der Waals surface area contributed by atoms with E-state index in [0.717, 1.165) is 17.1 Å². The van der Waals surface area contributed by atoms with E-state index in [1.54, 1.807) is 7.11 Å². The first-order valence-corrected chi connectivity index (χ1v) is 7.38. The minimum atomic E-state index is -0.803. The maximum atomic E-state index is 10.6. The van der Waals surface area contributed by atoms with E-state index in [9.17, 15) is 4.79 Å². The smallest absolute Gasteiger partial charge is 0.303 e. The highest BCUT2D eigenvalue weighted by Crippen LogP contribution is 2.19. The van der Waals surface area contributed by atoms with Gasteiger partial charge in [-0.05, 0) is 36.2 Å². The summed E-state index contributed by atoms with van der Waals surface area (Å²) in [5.41, 5.74) is 0.943. The van der Waals surface area contributed by atoms with Gasteiger partial charge < -0.3 is 19.3 Å². The molecule has 0 aromatic heterocycles. The first kappa shape index (κ1) is 16.7. The number of benzene rings is 2. The van der Waals surface area contributed by atoms with Crippen LogP contribution in [0.15, 0.2) is 48.5 Å². The summed E-state index contributed by atoms with van der Waals surface area (Å²) in [6.45, 7) is 0.812. The van der Waals surface area contributed by atoms with Gasteiger partial charge in [0.25, 0.3) is 0 Å². The van der Waals surface area contributed by atoms with Gasteiger partial charge in [-0.2, -0.15) is 0 Å². The van der Waals surface area contributed by atoms with Crippen molar-refractivity contribution in [3.8, 4) is 17.2 Å². The van der Waals surface area contributed by atoms with Crippen LogP contribution in [0.3, 0.4) is 0 Å². The molecule has 0 aliphatic carbocycles. The molecule has 0 spiro atoms. The van der Waals surface area contributed by atoms with Crippen LogP contribution in [0.2, 0.25) is 0 Å². The van der Waals surface area contributed by atoms with Crippen LogP contribution < -0.4 is 14.2 Å². The van der Waals surface area contributed by atoms with Crippen molar-refractivity contribution in [2.45, 2.75) is 12.8 Å². The number of ether oxygens (including phenoxy) is 3. The monoisotopic (exact) mass is 316 g/mol. The summed E-state index contributed by atoms with van der Waals surface area (Å²) in [5.74, 6) is 1.38. The molecule has 0 aliphatic heterocycles. The maximum Gasteiger partial charge on any atom is 0.303 e. The number of hydrogen-bond acceptors (Lipinski definition) is 4. The van der Waals surface area contributed by atoms with E-state index in [2.05, 4.69) is 0 Å². The molecule has 1 N–H and O–H groups in total. The van der Waals surface area contributed by atoms with Gasteiger partial charge >= 0.3 is 5.97 Å². The van der Waals surface area contributed by atoms with Gasteiger partial charge in [0, 0.05) is 12.5 Å². The Morgan fingerprint density at radius 3 is 2.22 bits per heavy atom. The number of carboxylic acids is 1. The van der Waals surface area contributed by atoms with Crippen LogP contribution in [0.1, 0.15) is 12.0 Å². The molecule has 23 heavy (non-hydrogen) atoms. The fourth-order valence-corrected chi connectivity index (χ4v) is 2.05. The summed E-state index contributed by atoms with van der Waals surface area (Å²) < 4.78 is 16.4. The molecule has 0 heterocycles. The Bertz CT molecular complexity index is 639. The molecule has 0 aliphatic rings. The summed E-state index contributed by atoms with van der Waals surface area (Å²) >= 11 is 0. The van der Waals surface area contributed by atoms with Crippen molar-refractivity contribution in [3.63, 3.8) is 0 Å². The Kier molecular flexibility index (Phi) is 6.29. The van der Waals surface area contributed by atoms with Crippen molar-refractivity contribution in [1.29, 1.82) is 0 Å². The predicted octanol–water partition coefficient (Wildman–Crippen LogP) is 3.17. The first-order valence-electron chi connectivity index (χ1n) is 7.38. The van der Waals surface area contributed by atoms with Crippen LogP contribution in [-0.4, -0.2) is 31.4 Å². The van der Waals surface area contributed by atoms with Crippen LogP contribution in [-0.2, 0) is 11.2 Å². The molecule has 0 bridgehead atoms. The highest BCUT2D eigenvalue weighted by molar-refractivity contribution is 5.67. The van der Waals surface area contributed by atoms with Gasteiger partial charge in [0.15, 0.2) is 0 Å². The summed E-state index contributed by atoms with van der Waals surface area (Å²) in [6.07, 6.45) is 0.606. The third-order valence-corrected chi connectivity index (χ3v) is 3.19. The zero-order valence-electron chi connectivity index (χ0n) is 13.0. The molecule has 0 unspecified atom stereocenters. The van der Waals surface area contributed by atoms with E-state index < -0.39 is 5.97 Å². The van der Waals surface area contributed by atoms with E-state index in [0.29, 0.717) is 25.4 Å². The molecule has 0 radical (unpaired) electrons. The lowest BCUT2D eigenvalue weighted by molar-refractivity contribution is -0.136. The van der Waals surface area contributed by atoms with Crippen molar-refractivity contribution in [2.24, 2.45) is 0 Å². The standard InChI is InChI=1S/C18H20O5/c1-21-15-5-3-7-17(13-15)23-11-10-22-16-6-2-4-14(12-16)8-9-18(19)20/h2-7,12-13H,8-11H2,1H3,(H,19,20). The van der Waals surface area contributed by atoms with Crippen LogP contribution in [0, 0.1) is 0 Å². The summed E-state index contributed by atoms with van der Waals surface area (Å²) in [4.78, 5) is 10.6. The van der Waals surface area contributed by atoms with Crippen LogP contribution in [0.4, 0.5) is 0 Å². The van der Waals surface area contributed by atoms with Gasteiger partial charge in [0.05, 0.1) is 7.11 Å². The molecule has 5 heteroatoms.